The van der Waals surface area contributed by atoms with E-state index in [2.05, 4.69) is 4.74 Å². The van der Waals surface area contributed by atoms with Crippen LogP contribution in [0.2, 0.25) is 0 Å². The van der Waals surface area contributed by atoms with E-state index in [-0.39, 0.29) is 19.2 Å². The van der Waals surface area contributed by atoms with Crippen LogP contribution >= 0.6 is 0 Å². The number of hydrogen-bond donors (Lipinski definition) is 0. The summed E-state index contributed by atoms with van der Waals surface area (Å²) in [5.41, 5.74) is 0.446. The highest BCUT2D eigenvalue weighted by Crippen LogP contribution is 2.20. The largest absolute Gasteiger partial charge is 0.482 e. The molecule has 29 heavy (non-hydrogen) atoms. The van der Waals surface area contributed by atoms with E-state index in [0.717, 1.165) is 0 Å². The van der Waals surface area contributed by atoms with Crippen molar-refractivity contribution in [3.05, 3.63) is 60.2 Å². The number of esters is 2. The fourth-order valence-electron chi connectivity index (χ4n) is 1.68. The lowest BCUT2D eigenvalue weighted by Crippen LogP contribution is -2.16. The Balaban J connectivity index is 0.00000116. The molecule has 0 aromatic heterocycles. The van der Waals surface area contributed by atoms with E-state index in [4.69, 9.17) is 14.2 Å². The summed E-state index contributed by atoms with van der Waals surface area (Å²) in [4.78, 5) is 32.7. The van der Waals surface area contributed by atoms with Gasteiger partial charge in [0, 0.05) is 13.2 Å². The van der Waals surface area contributed by atoms with Gasteiger partial charge in [-0.1, -0.05) is 38.1 Å². The van der Waals surface area contributed by atoms with Crippen LogP contribution in [0.3, 0.4) is 0 Å². The van der Waals surface area contributed by atoms with Crippen LogP contribution in [0.5, 0.6) is 11.5 Å². The smallest absolute Gasteiger partial charge is 0.346 e. The Bertz CT molecular complexity index is 738. The maximum absolute atomic E-state index is 12.0. The van der Waals surface area contributed by atoms with Gasteiger partial charge in [0.2, 0.25) is 0 Å². The van der Waals surface area contributed by atoms with Gasteiger partial charge in [0.25, 0.3) is 0 Å². The quantitative estimate of drug-likeness (QED) is 0.391. The average Bonchev–Trinajstić information content (AvgIpc) is 2.72. The standard InChI is InChI=1S/C17H16O6.C3H6O.C2H6/c1-20-12-22-16(18)11-21-14-8-5-9-15(10-14)23-17(19)13-6-3-2-4-7-13;1-3(2)4;1-2/h2-10H,11-12H2,1H3;1-2H3;1-2H3. The van der Waals surface area contributed by atoms with Gasteiger partial charge in [-0.25, -0.2) is 9.59 Å². The molecule has 0 unspecified atom stereocenters. The normalized spacial score (nSPS) is 9.00. The van der Waals surface area contributed by atoms with Crippen molar-refractivity contribution in [2.75, 3.05) is 20.5 Å². The van der Waals surface area contributed by atoms with E-state index in [9.17, 15) is 14.4 Å². The molecule has 0 radical (unpaired) electrons. The maximum Gasteiger partial charge on any atom is 0.346 e. The van der Waals surface area contributed by atoms with Crippen LogP contribution in [0.1, 0.15) is 38.1 Å². The molecule has 0 saturated carbocycles. The molecule has 2 rings (SSSR count). The first-order chi connectivity index (χ1) is 13.9. The summed E-state index contributed by atoms with van der Waals surface area (Å²) in [5.74, 6) is -0.153. The minimum Gasteiger partial charge on any atom is -0.482 e. The van der Waals surface area contributed by atoms with Crippen molar-refractivity contribution in [2.45, 2.75) is 27.7 Å². The van der Waals surface area contributed by atoms with Gasteiger partial charge in [0.05, 0.1) is 5.56 Å². The molecular formula is C22H28O7. The van der Waals surface area contributed by atoms with Gasteiger partial charge < -0.3 is 23.7 Å². The highest BCUT2D eigenvalue weighted by molar-refractivity contribution is 5.91. The number of rotatable bonds is 7. The van der Waals surface area contributed by atoms with Gasteiger partial charge in [0.1, 0.15) is 17.3 Å². The average molecular weight is 404 g/mol. The third-order valence-electron chi connectivity index (χ3n) is 2.72. The Hall–Kier alpha value is -3.19. The molecule has 7 heteroatoms. The molecule has 0 spiro atoms. The number of Topliss-reactive ketones (excluding diaryl/α,β-unsaturated/α-hetero) is 1. The minimum atomic E-state index is -0.557. The van der Waals surface area contributed by atoms with Crippen molar-refractivity contribution in [3.8, 4) is 11.5 Å². The highest BCUT2D eigenvalue weighted by Gasteiger charge is 2.09. The Morgan fingerprint density at radius 1 is 0.862 bits per heavy atom. The molecule has 2 aromatic rings. The summed E-state index contributed by atoms with van der Waals surface area (Å²) in [6, 6.07) is 15.1. The van der Waals surface area contributed by atoms with Gasteiger partial charge in [0.15, 0.2) is 13.4 Å². The number of methoxy groups -OCH3 is 1. The number of hydrogen-bond acceptors (Lipinski definition) is 7. The lowest BCUT2D eigenvalue weighted by Gasteiger charge is -2.08. The Morgan fingerprint density at radius 2 is 1.45 bits per heavy atom. The van der Waals surface area contributed by atoms with Crippen LogP contribution in [0, 0.1) is 0 Å². The van der Waals surface area contributed by atoms with Crippen LogP contribution in [0.15, 0.2) is 54.6 Å². The molecule has 2 aromatic carbocycles. The summed E-state index contributed by atoms with van der Waals surface area (Å²) in [7, 11) is 1.42. The van der Waals surface area contributed by atoms with Crippen molar-refractivity contribution < 1.29 is 33.3 Å². The molecule has 158 valence electrons. The molecule has 0 bridgehead atoms. The highest BCUT2D eigenvalue weighted by atomic mass is 16.7. The molecule has 7 nitrogen and oxygen atoms in total. The van der Waals surface area contributed by atoms with Crippen molar-refractivity contribution >= 4 is 17.7 Å². The zero-order chi connectivity index (χ0) is 22.1. The van der Waals surface area contributed by atoms with E-state index < -0.39 is 11.9 Å². The lowest BCUT2D eigenvalue weighted by atomic mass is 10.2. The molecule has 0 saturated heterocycles. The predicted molar refractivity (Wildman–Crippen MR) is 109 cm³/mol. The number of carbonyl (C=O) groups excluding carboxylic acids is 3. The second-order valence-corrected chi connectivity index (χ2v) is 5.35. The number of carbonyl (C=O) groups is 3. The van der Waals surface area contributed by atoms with Crippen LogP contribution in [-0.4, -0.2) is 38.2 Å². The molecule has 0 heterocycles. The molecule has 0 aliphatic carbocycles. The van der Waals surface area contributed by atoms with Gasteiger partial charge in [-0.15, -0.1) is 0 Å². The first-order valence-corrected chi connectivity index (χ1v) is 9.04. The molecule has 0 fully saturated rings. The summed E-state index contributed by atoms with van der Waals surface area (Å²) in [5, 5.41) is 0. The first-order valence-electron chi connectivity index (χ1n) is 9.04. The van der Waals surface area contributed by atoms with Crippen molar-refractivity contribution in [2.24, 2.45) is 0 Å². The summed E-state index contributed by atoms with van der Waals surface area (Å²) in [6.07, 6.45) is 0. The van der Waals surface area contributed by atoms with Crippen LogP contribution in [0.4, 0.5) is 0 Å². The van der Waals surface area contributed by atoms with E-state index in [0.29, 0.717) is 17.1 Å². The number of benzene rings is 2. The number of ether oxygens (including phenoxy) is 4. The molecule has 0 aliphatic rings. The van der Waals surface area contributed by atoms with Crippen LogP contribution in [0.25, 0.3) is 0 Å². The monoisotopic (exact) mass is 404 g/mol. The summed E-state index contributed by atoms with van der Waals surface area (Å²) < 4.78 is 19.8. The van der Waals surface area contributed by atoms with E-state index in [1.54, 1.807) is 42.5 Å². The van der Waals surface area contributed by atoms with E-state index in [1.807, 2.05) is 19.9 Å². The number of ketones is 1. The van der Waals surface area contributed by atoms with Crippen LogP contribution in [-0.2, 0) is 19.1 Å². The zero-order valence-corrected chi connectivity index (χ0v) is 17.5. The lowest BCUT2D eigenvalue weighted by molar-refractivity contribution is -0.156. The molecule has 0 aliphatic heterocycles. The topological polar surface area (TPSA) is 88.1 Å². The third kappa shape index (κ3) is 12.8. The molecule has 0 atom stereocenters. The Morgan fingerprint density at radius 3 is 2.03 bits per heavy atom. The van der Waals surface area contributed by atoms with Crippen LogP contribution < -0.4 is 9.47 Å². The Kier molecular flexibility index (Phi) is 14.1. The van der Waals surface area contributed by atoms with Gasteiger partial charge in [-0.3, -0.25) is 0 Å². The molecule has 0 N–H and O–H groups in total. The predicted octanol–water partition coefficient (Wildman–Crippen LogP) is 4.05. The van der Waals surface area contributed by atoms with Crippen molar-refractivity contribution in [1.29, 1.82) is 0 Å². The molecule has 0 amide bonds. The maximum atomic E-state index is 12.0. The zero-order valence-electron chi connectivity index (χ0n) is 17.5. The fourth-order valence-corrected chi connectivity index (χ4v) is 1.68. The summed E-state index contributed by atoms with van der Waals surface area (Å²) >= 11 is 0. The second kappa shape index (κ2) is 15.8. The van der Waals surface area contributed by atoms with Crippen molar-refractivity contribution in [1.82, 2.24) is 0 Å². The Labute approximate surface area is 171 Å². The SMILES string of the molecule is CC.CC(C)=O.COCOC(=O)COc1cccc(OC(=O)c2ccccc2)c1. The third-order valence-corrected chi connectivity index (χ3v) is 2.72. The summed E-state index contributed by atoms with van der Waals surface area (Å²) in [6.45, 7) is 6.66. The van der Waals surface area contributed by atoms with Crippen molar-refractivity contribution in [3.63, 3.8) is 0 Å². The first kappa shape index (κ1) is 25.8. The van der Waals surface area contributed by atoms with Gasteiger partial charge in [-0.05, 0) is 38.1 Å². The van der Waals surface area contributed by atoms with E-state index in [1.165, 1.54) is 27.0 Å². The molecular weight excluding hydrogens is 376 g/mol. The second-order valence-electron chi connectivity index (χ2n) is 5.35. The fraction of sp³-hybridized carbons (Fsp3) is 0.318. The van der Waals surface area contributed by atoms with Gasteiger partial charge in [-0.2, -0.15) is 0 Å². The minimum absolute atomic E-state index is 0.128. The van der Waals surface area contributed by atoms with Gasteiger partial charge >= 0.3 is 11.9 Å². The van der Waals surface area contributed by atoms with E-state index >= 15 is 0 Å².